The fourth-order valence-electron chi connectivity index (χ4n) is 2.87. The van der Waals surface area contributed by atoms with Crippen molar-refractivity contribution in [1.82, 2.24) is 14.6 Å². The second-order valence-corrected chi connectivity index (χ2v) is 6.06. The molecule has 1 saturated heterocycles. The molecule has 4 N–H and O–H groups in total. The first-order valence-corrected chi connectivity index (χ1v) is 7.20. The molecule has 0 atom stereocenters. The van der Waals surface area contributed by atoms with Gasteiger partial charge in [-0.15, -0.1) is 0 Å². The number of anilines is 1. The Balaban J connectivity index is 1.56. The molecule has 1 saturated carbocycles. The minimum Gasteiger partial charge on any atom is -0.409 e. The van der Waals surface area contributed by atoms with E-state index in [1.807, 2.05) is 0 Å². The Kier molecular flexibility index (Phi) is 3.02. The second kappa shape index (κ2) is 4.57. The minimum atomic E-state index is -0.102. The summed E-state index contributed by atoms with van der Waals surface area (Å²) < 4.78 is 6.98. The maximum atomic E-state index is 8.64. The topological polar surface area (TPSA) is 113 Å². The molecule has 0 amide bonds. The van der Waals surface area contributed by atoms with E-state index in [1.165, 1.54) is 0 Å². The summed E-state index contributed by atoms with van der Waals surface area (Å²) in [4.78, 5) is 0. The van der Waals surface area contributed by atoms with Gasteiger partial charge in [-0.2, -0.15) is 0 Å². The van der Waals surface area contributed by atoms with Crippen molar-refractivity contribution < 1.29 is 9.84 Å². The minimum absolute atomic E-state index is 0.102. The van der Waals surface area contributed by atoms with Crippen LogP contribution in [0.4, 0.5) is 5.82 Å². The molecule has 8 nitrogen and oxygen atoms in total. The van der Waals surface area contributed by atoms with Crippen molar-refractivity contribution in [3.05, 3.63) is 5.69 Å². The van der Waals surface area contributed by atoms with Crippen LogP contribution in [0.5, 0.6) is 0 Å². The van der Waals surface area contributed by atoms with Crippen molar-refractivity contribution in [2.45, 2.75) is 18.9 Å². The van der Waals surface area contributed by atoms with Crippen molar-refractivity contribution in [1.29, 1.82) is 0 Å². The van der Waals surface area contributed by atoms with Crippen molar-refractivity contribution in [2.75, 3.05) is 24.7 Å². The van der Waals surface area contributed by atoms with Crippen LogP contribution in [0.15, 0.2) is 9.78 Å². The molecule has 1 spiro atoms. The number of nitrogens with two attached hydrogens (primary N) is 1. The summed E-state index contributed by atoms with van der Waals surface area (Å²) in [7, 11) is 0. The molecule has 1 aromatic rings. The molecule has 2 aliphatic rings. The molecule has 0 unspecified atom stereocenters. The van der Waals surface area contributed by atoms with E-state index in [9.17, 15) is 0 Å². The molecule has 2 fully saturated rings. The van der Waals surface area contributed by atoms with Crippen LogP contribution in [0.2, 0.25) is 0 Å². The van der Waals surface area contributed by atoms with E-state index in [0.29, 0.717) is 17.3 Å². The first kappa shape index (κ1) is 12.5. The highest BCUT2D eigenvalue weighted by molar-refractivity contribution is 7.96. The van der Waals surface area contributed by atoms with Gasteiger partial charge in [0.25, 0.3) is 0 Å². The highest BCUT2D eigenvalue weighted by Gasteiger charge is 2.52. The lowest BCUT2D eigenvalue weighted by Gasteiger charge is -2.58. The van der Waals surface area contributed by atoms with Crippen molar-refractivity contribution in [3.8, 4) is 0 Å². The van der Waals surface area contributed by atoms with Crippen molar-refractivity contribution >= 4 is 23.6 Å². The number of hydrogen-bond acceptors (Lipinski definition) is 8. The van der Waals surface area contributed by atoms with Gasteiger partial charge < -0.3 is 16.3 Å². The molecule has 2 heterocycles. The van der Waals surface area contributed by atoms with Crippen molar-refractivity contribution in [2.24, 2.45) is 16.3 Å². The Morgan fingerprint density at radius 1 is 1.58 bits per heavy atom. The average molecular weight is 284 g/mol. The number of nitrogens with zero attached hydrogens (tertiary/aromatic N) is 4. The highest BCUT2D eigenvalue weighted by Crippen LogP contribution is 2.50. The molecule has 1 aliphatic carbocycles. The molecule has 0 radical (unpaired) electrons. The Bertz CT molecular complexity index is 490. The fraction of sp³-hybridized carbons (Fsp3) is 0.700. The zero-order chi connectivity index (χ0) is 13.5. The van der Waals surface area contributed by atoms with E-state index in [1.54, 1.807) is 11.9 Å². The lowest BCUT2D eigenvalue weighted by molar-refractivity contribution is -0.0112. The van der Waals surface area contributed by atoms with Gasteiger partial charge in [-0.05, 0) is 29.4 Å². The Morgan fingerprint density at radius 2 is 2.32 bits per heavy atom. The van der Waals surface area contributed by atoms with Gasteiger partial charge in [0.05, 0.1) is 0 Å². The summed E-state index contributed by atoms with van der Waals surface area (Å²) in [5.74, 6) is 0.339. The Labute approximate surface area is 114 Å². The average Bonchev–Trinajstić information content (AvgIpc) is 2.77. The van der Waals surface area contributed by atoms with E-state index in [4.69, 9.17) is 10.9 Å². The first-order chi connectivity index (χ1) is 9.15. The van der Waals surface area contributed by atoms with Crippen molar-refractivity contribution in [3.63, 3.8) is 0 Å². The molecular weight excluding hydrogens is 268 g/mol. The predicted molar refractivity (Wildman–Crippen MR) is 71.0 cm³/mol. The van der Waals surface area contributed by atoms with Gasteiger partial charge in [-0.1, -0.05) is 17.1 Å². The Hall–Kier alpha value is -1.48. The smallest absolute Gasteiger partial charge is 0.202 e. The predicted octanol–water partition coefficient (Wildman–Crippen LogP) is 0.318. The number of nitrogens with one attached hydrogen (secondary N) is 1. The van der Waals surface area contributed by atoms with Crippen LogP contribution >= 0.6 is 11.9 Å². The summed E-state index contributed by atoms with van der Waals surface area (Å²) >= 11 is 1.79. The summed E-state index contributed by atoms with van der Waals surface area (Å²) in [5, 5.41) is 22.1. The largest absolute Gasteiger partial charge is 0.409 e. The lowest BCUT2D eigenvalue weighted by Crippen LogP contribution is -2.62. The molecule has 19 heavy (non-hydrogen) atoms. The number of rotatable bonds is 4. The quantitative estimate of drug-likeness (QED) is 0.238. The standard InChI is InChI=1S/C10H16N6O2S/c1-19-16-4-10(5-16)2-6(3-10)12-9-7(8(11)13-17)14-18-15-9/h6,17H,2-5H2,1H3,(H2,11,13)(H,12,15). The Morgan fingerprint density at radius 3 is 2.95 bits per heavy atom. The lowest BCUT2D eigenvalue weighted by atomic mass is 9.61. The van der Waals surface area contributed by atoms with Gasteiger partial charge >= 0.3 is 0 Å². The number of oxime groups is 1. The number of amidine groups is 1. The SMILES string of the molecule is CSN1CC2(CC(Nc3nonc3/C(N)=N\O)C2)C1. The molecule has 0 bridgehead atoms. The molecule has 1 aromatic heterocycles. The molecule has 3 rings (SSSR count). The van der Waals surface area contributed by atoms with Crippen LogP contribution in [0, 0.1) is 5.41 Å². The van der Waals surface area contributed by atoms with E-state index in [0.717, 1.165) is 25.9 Å². The highest BCUT2D eigenvalue weighted by atomic mass is 32.2. The van der Waals surface area contributed by atoms with Crippen LogP contribution < -0.4 is 11.1 Å². The second-order valence-electron chi connectivity index (χ2n) is 5.18. The number of hydrogen-bond donors (Lipinski definition) is 3. The van der Waals surface area contributed by atoms with Gasteiger partial charge in [0.2, 0.25) is 5.82 Å². The zero-order valence-corrected chi connectivity index (χ0v) is 11.4. The monoisotopic (exact) mass is 284 g/mol. The molecule has 104 valence electrons. The summed E-state index contributed by atoms with van der Waals surface area (Å²) in [5.41, 5.74) is 6.21. The van der Waals surface area contributed by atoms with Crippen LogP contribution in [-0.4, -0.2) is 51.0 Å². The molecule has 9 heteroatoms. The summed E-state index contributed by atoms with van der Waals surface area (Å²) in [6.07, 6.45) is 4.31. The van der Waals surface area contributed by atoms with Gasteiger partial charge in [0, 0.05) is 24.5 Å². The summed E-state index contributed by atoms with van der Waals surface area (Å²) in [6, 6.07) is 0.348. The zero-order valence-electron chi connectivity index (χ0n) is 10.5. The van der Waals surface area contributed by atoms with Crippen LogP contribution in [0.3, 0.4) is 0 Å². The van der Waals surface area contributed by atoms with Crippen LogP contribution in [-0.2, 0) is 0 Å². The third kappa shape index (κ3) is 2.12. The van der Waals surface area contributed by atoms with Gasteiger partial charge in [0.15, 0.2) is 11.5 Å². The number of aromatic nitrogens is 2. The van der Waals surface area contributed by atoms with E-state index in [-0.39, 0.29) is 11.5 Å². The first-order valence-electron chi connectivity index (χ1n) is 6.02. The van der Waals surface area contributed by atoms with Crippen LogP contribution in [0.25, 0.3) is 0 Å². The fourth-order valence-corrected chi connectivity index (χ4v) is 3.67. The molecular formula is C10H16N6O2S. The maximum Gasteiger partial charge on any atom is 0.202 e. The van der Waals surface area contributed by atoms with Crippen LogP contribution in [0.1, 0.15) is 18.5 Å². The normalized spacial score (nSPS) is 23.1. The third-order valence-electron chi connectivity index (χ3n) is 3.82. The van der Waals surface area contributed by atoms with E-state index >= 15 is 0 Å². The third-order valence-corrected chi connectivity index (χ3v) is 4.59. The molecule has 0 aromatic carbocycles. The van der Waals surface area contributed by atoms with E-state index < -0.39 is 0 Å². The summed E-state index contributed by atoms with van der Waals surface area (Å²) in [6.45, 7) is 2.30. The maximum absolute atomic E-state index is 8.64. The van der Waals surface area contributed by atoms with Gasteiger partial charge in [-0.3, -0.25) is 0 Å². The van der Waals surface area contributed by atoms with Gasteiger partial charge in [0.1, 0.15) is 0 Å². The molecule has 1 aliphatic heterocycles. The van der Waals surface area contributed by atoms with E-state index in [2.05, 4.69) is 36.0 Å². The van der Waals surface area contributed by atoms with Gasteiger partial charge in [-0.25, -0.2) is 8.93 Å².